The summed E-state index contributed by atoms with van der Waals surface area (Å²) in [6.07, 6.45) is 1.32. The van der Waals surface area contributed by atoms with E-state index in [-0.39, 0.29) is 18.3 Å². The fraction of sp³-hybridized carbons (Fsp3) is 0.462. The van der Waals surface area contributed by atoms with Crippen molar-refractivity contribution in [2.24, 2.45) is 0 Å². The minimum Gasteiger partial charge on any atom is -0.379 e. The summed E-state index contributed by atoms with van der Waals surface area (Å²) in [4.78, 5) is 22.8. The Bertz CT molecular complexity index is 1070. The summed E-state index contributed by atoms with van der Waals surface area (Å²) in [5, 5.41) is 0.815. The van der Waals surface area contributed by atoms with Crippen molar-refractivity contribution in [3.05, 3.63) is 58.1 Å². The standard InChI is InChI=1S/C26H33N3O2S.ClH/c1-18-6-7-19(2)22(16-18)17-23(30)29(11-5-10-28-12-14-31-15-13-28)26-27-24-20(3)8-9-21(4)25(24)32-26;/h6-9,16H,5,10-15,17H2,1-4H3;1H. The summed E-state index contributed by atoms with van der Waals surface area (Å²) >= 11 is 1.64. The fourth-order valence-corrected chi connectivity index (χ4v) is 5.37. The number of hydrogen-bond donors (Lipinski definition) is 0. The van der Waals surface area contributed by atoms with Gasteiger partial charge in [-0.15, -0.1) is 12.4 Å². The van der Waals surface area contributed by atoms with Crippen LogP contribution in [0.15, 0.2) is 30.3 Å². The number of ether oxygens (including phenoxy) is 1. The quantitative estimate of drug-likeness (QED) is 0.456. The molecule has 0 saturated carbocycles. The lowest BCUT2D eigenvalue weighted by Gasteiger charge is -2.28. The number of carbonyl (C=O) groups is 1. The maximum Gasteiger partial charge on any atom is 0.233 e. The number of thiazole rings is 1. The van der Waals surface area contributed by atoms with Crippen LogP contribution in [-0.2, 0) is 16.0 Å². The van der Waals surface area contributed by atoms with Crippen molar-refractivity contribution in [1.29, 1.82) is 0 Å². The van der Waals surface area contributed by atoms with Crippen LogP contribution in [0.1, 0.15) is 34.2 Å². The molecule has 0 bridgehead atoms. The van der Waals surface area contributed by atoms with Gasteiger partial charge in [0.15, 0.2) is 5.13 Å². The molecule has 0 atom stereocenters. The summed E-state index contributed by atoms with van der Waals surface area (Å²) < 4.78 is 6.64. The van der Waals surface area contributed by atoms with Crippen molar-refractivity contribution in [1.82, 2.24) is 9.88 Å². The summed E-state index contributed by atoms with van der Waals surface area (Å²) in [5.41, 5.74) is 6.83. The van der Waals surface area contributed by atoms with Gasteiger partial charge < -0.3 is 4.74 Å². The first kappa shape index (κ1) is 25.6. The van der Waals surface area contributed by atoms with E-state index in [9.17, 15) is 4.79 Å². The molecule has 0 spiro atoms. The number of amides is 1. The number of fused-ring (bicyclic) bond motifs is 1. The van der Waals surface area contributed by atoms with Crippen molar-refractivity contribution in [2.45, 2.75) is 40.5 Å². The number of benzene rings is 2. The van der Waals surface area contributed by atoms with E-state index in [1.54, 1.807) is 11.3 Å². The molecular formula is C26H34ClN3O2S. The normalized spacial score (nSPS) is 14.3. The molecule has 5 nitrogen and oxygen atoms in total. The molecule has 1 amide bonds. The third kappa shape index (κ3) is 6.12. The zero-order valence-electron chi connectivity index (χ0n) is 20.0. The van der Waals surface area contributed by atoms with Crippen molar-refractivity contribution in [3.8, 4) is 0 Å². The van der Waals surface area contributed by atoms with E-state index in [1.807, 2.05) is 4.90 Å². The van der Waals surface area contributed by atoms with Crippen LogP contribution in [0.2, 0.25) is 0 Å². The lowest BCUT2D eigenvalue weighted by Crippen LogP contribution is -2.39. The van der Waals surface area contributed by atoms with Gasteiger partial charge in [0.2, 0.25) is 5.91 Å². The Morgan fingerprint density at radius 2 is 1.76 bits per heavy atom. The number of anilines is 1. The molecule has 1 fully saturated rings. The van der Waals surface area contributed by atoms with Gasteiger partial charge in [-0.25, -0.2) is 4.98 Å². The molecule has 1 saturated heterocycles. The van der Waals surface area contributed by atoms with Gasteiger partial charge in [-0.2, -0.15) is 0 Å². The predicted molar refractivity (Wildman–Crippen MR) is 140 cm³/mol. The second-order valence-electron chi connectivity index (χ2n) is 8.83. The number of rotatable bonds is 7. The predicted octanol–water partition coefficient (Wildman–Crippen LogP) is 5.25. The zero-order valence-corrected chi connectivity index (χ0v) is 21.7. The highest BCUT2D eigenvalue weighted by Crippen LogP contribution is 2.33. The van der Waals surface area contributed by atoms with E-state index < -0.39 is 0 Å². The van der Waals surface area contributed by atoms with E-state index in [4.69, 9.17) is 9.72 Å². The summed E-state index contributed by atoms with van der Waals surface area (Å²) in [7, 11) is 0. The Kier molecular flexibility index (Phi) is 8.88. The molecular weight excluding hydrogens is 454 g/mol. The average molecular weight is 488 g/mol. The highest BCUT2D eigenvalue weighted by atomic mass is 35.5. The molecule has 178 valence electrons. The minimum absolute atomic E-state index is 0. The highest BCUT2D eigenvalue weighted by molar-refractivity contribution is 7.22. The second kappa shape index (κ2) is 11.4. The number of carbonyl (C=O) groups excluding carboxylic acids is 1. The van der Waals surface area contributed by atoms with Crippen LogP contribution in [0.25, 0.3) is 10.2 Å². The number of hydrogen-bond acceptors (Lipinski definition) is 5. The molecule has 4 rings (SSSR count). The largest absolute Gasteiger partial charge is 0.379 e. The first-order valence-corrected chi connectivity index (χ1v) is 12.3. The van der Waals surface area contributed by atoms with E-state index in [2.05, 4.69) is 62.9 Å². The monoisotopic (exact) mass is 487 g/mol. The molecule has 0 unspecified atom stereocenters. The maximum absolute atomic E-state index is 13.6. The van der Waals surface area contributed by atoms with Crippen molar-refractivity contribution in [2.75, 3.05) is 44.3 Å². The number of morpholine rings is 1. The second-order valence-corrected chi connectivity index (χ2v) is 9.81. The molecule has 1 aliphatic rings. The first-order chi connectivity index (χ1) is 15.4. The Balaban J connectivity index is 0.00000306. The fourth-order valence-electron chi connectivity index (χ4n) is 4.22. The third-order valence-electron chi connectivity index (χ3n) is 6.27. The van der Waals surface area contributed by atoms with Crippen LogP contribution in [0.4, 0.5) is 5.13 Å². The van der Waals surface area contributed by atoms with Crippen LogP contribution in [0.3, 0.4) is 0 Å². The molecule has 0 aliphatic carbocycles. The smallest absolute Gasteiger partial charge is 0.233 e. The van der Waals surface area contributed by atoms with E-state index in [1.165, 1.54) is 15.8 Å². The van der Waals surface area contributed by atoms with Gasteiger partial charge in [0.1, 0.15) is 0 Å². The molecule has 1 aliphatic heterocycles. The van der Waals surface area contributed by atoms with Gasteiger partial charge in [-0.3, -0.25) is 14.6 Å². The van der Waals surface area contributed by atoms with E-state index in [0.717, 1.165) is 66.6 Å². The van der Waals surface area contributed by atoms with Gasteiger partial charge in [-0.05, 0) is 56.4 Å². The number of aryl methyl sites for hydroxylation is 4. The molecule has 0 radical (unpaired) electrons. The summed E-state index contributed by atoms with van der Waals surface area (Å²) in [6.45, 7) is 13.5. The van der Waals surface area contributed by atoms with Gasteiger partial charge in [0, 0.05) is 26.2 Å². The van der Waals surface area contributed by atoms with Crippen molar-refractivity contribution >= 4 is 45.0 Å². The van der Waals surface area contributed by atoms with Gasteiger partial charge >= 0.3 is 0 Å². The van der Waals surface area contributed by atoms with E-state index >= 15 is 0 Å². The maximum atomic E-state index is 13.6. The van der Waals surface area contributed by atoms with Crippen LogP contribution >= 0.6 is 23.7 Å². The first-order valence-electron chi connectivity index (χ1n) is 11.5. The Morgan fingerprint density at radius 1 is 1.06 bits per heavy atom. The van der Waals surface area contributed by atoms with Gasteiger partial charge in [-0.1, -0.05) is 47.2 Å². The minimum atomic E-state index is 0. The molecule has 7 heteroatoms. The molecule has 2 heterocycles. The van der Waals surface area contributed by atoms with Crippen molar-refractivity contribution < 1.29 is 9.53 Å². The van der Waals surface area contributed by atoms with Crippen LogP contribution in [0, 0.1) is 27.7 Å². The Morgan fingerprint density at radius 3 is 2.48 bits per heavy atom. The van der Waals surface area contributed by atoms with Gasteiger partial charge in [0.05, 0.1) is 29.9 Å². The van der Waals surface area contributed by atoms with Crippen LogP contribution < -0.4 is 4.90 Å². The number of nitrogens with zero attached hydrogens (tertiary/aromatic N) is 3. The van der Waals surface area contributed by atoms with Crippen LogP contribution in [0.5, 0.6) is 0 Å². The van der Waals surface area contributed by atoms with Gasteiger partial charge in [0.25, 0.3) is 0 Å². The van der Waals surface area contributed by atoms with Crippen molar-refractivity contribution in [3.63, 3.8) is 0 Å². The lowest BCUT2D eigenvalue weighted by molar-refractivity contribution is -0.118. The molecule has 2 aromatic carbocycles. The molecule has 3 aromatic rings. The zero-order chi connectivity index (χ0) is 22.7. The number of aromatic nitrogens is 1. The number of halogens is 1. The molecule has 1 aromatic heterocycles. The van der Waals surface area contributed by atoms with E-state index in [0.29, 0.717) is 13.0 Å². The summed E-state index contributed by atoms with van der Waals surface area (Å²) in [5.74, 6) is 0.120. The summed E-state index contributed by atoms with van der Waals surface area (Å²) in [6, 6.07) is 10.6. The van der Waals surface area contributed by atoms with Crippen LogP contribution in [-0.4, -0.2) is 55.2 Å². The third-order valence-corrected chi connectivity index (χ3v) is 7.48. The topological polar surface area (TPSA) is 45.7 Å². The molecule has 0 N–H and O–H groups in total. The average Bonchev–Trinajstić information content (AvgIpc) is 3.23. The highest BCUT2D eigenvalue weighted by Gasteiger charge is 2.22. The SMILES string of the molecule is Cc1ccc(C)c(CC(=O)N(CCCN2CCOCC2)c2nc3c(C)ccc(C)c3s2)c1.Cl. The Hall–Kier alpha value is -1.99. The lowest BCUT2D eigenvalue weighted by atomic mass is 10.0. The molecule has 33 heavy (non-hydrogen) atoms. The Labute approximate surface area is 207 Å².